The van der Waals surface area contributed by atoms with Crippen molar-refractivity contribution in [1.29, 1.82) is 0 Å². The molecule has 24 heavy (non-hydrogen) atoms. The summed E-state index contributed by atoms with van der Waals surface area (Å²) in [7, 11) is 0. The maximum absolute atomic E-state index is 12.6. The fourth-order valence-corrected chi connectivity index (χ4v) is 3.75. The molecule has 4 nitrogen and oxygen atoms in total. The predicted octanol–water partition coefficient (Wildman–Crippen LogP) is 3.59. The molecule has 0 unspecified atom stereocenters. The summed E-state index contributed by atoms with van der Waals surface area (Å²) in [6.45, 7) is 5.41. The van der Waals surface area contributed by atoms with Crippen molar-refractivity contribution in [3.05, 3.63) is 51.5 Å². The van der Waals surface area contributed by atoms with Gasteiger partial charge in [0.25, 0.3) is 0 Å². The number of amides is 1. The highest BCUT2D eigenvalue weighted by Crippen LogP contribution is 2.33. The van der Waals surface area contributed by atoms with E-state index in [2.05, 4.69) is 46.9 Å². The number of aromatic nitrogens is 1. The summed E-state index contributed by atoms with van der Waals surface area (Å²) in [6.07, 6.45) is 2.45. The van der Waals surface area contributed by atoms with Crippen LogP contribution in [0.25, 0.3) is 0 Å². The third kappa shape index (κ3) is 4.22. The second-order valence-electron chi connectivity index (χ2n) is 6.35. The molecule has 1 aromatic heterocycles. The Morgan fingerprint density at radius 2 is 2.12 bits per heavy atom. The fourth-order valence-electron chi connectivity index (χ4n) is 3.10. The van der Waals surface area contributed by atoms with Crippen LogP contribution < -0.4 is 5.32 Å². The number of carbonyl (C=O) groups is 1. The van der Waals surface area contributed by atoms with E-state index in [1.165, 1.54) is 5.56 Å². The molecule has 1 N–H and O–H groups in total. The van der Waals surface area contributed by atoms with Gasteiger partial charge >= 0.3 is 0 Å². The quantitative estimate of drug-likeness (QED) is 0.902. The van der Waals surface area contributed by atoms with Crippen LogP contribution in [-0.2, 0) is 16.0 Å². The molecule has 2 heterocycles. The second-order valence-corrected chi connectivity index (χ2v) is 7.41. The molecule has 3 rings (SSSR count). The topological polar surface area (TPSA) is 51.2 Å². The standard InChI is InChI=1S/C19H24N2O2S/c1-13-5-7-15(8-6-13)18-17(4-3-11-23-18)19(22)20-10-9-16-12-24-14(2)21-16/h5-8,12,17-18H,3-4,9-11H2,1-2H3,(H,20,22)/t17-,18-/m1/s1. The summed E-state index contributed by atoms with van der Waals surface area (Å²) < 4.78 is 5.93. The average Bonchev–Trinajstić information content (AvgIpc) is 3.01. The van der Waals surface area contributed by atoms with E-state index in [0.717, 1.165) is 42.1 Å². The molecular weight excluding hydrogens is 320 g/mol. The molecule has 0 spiro atoms. The number of aryl methyl sites for hydroxylation is 2. The number of benzene rings is 1. The number of nitrogens with one attached hydrogen (secondary N) is 1. The molecule has 0 radical (unpaired) electrons. The third-order valence-corrected chi connectivity index (χ3v) is 5.23. The van der Waals surface area contributed by atoms with Gasteiger partial charge in [0.2, 0.25) is 5.91 Å². The summed E-state index contributed by atoms with van der Waals surface area (Å²) >= 11 is 1.65. The van der Waals surface area contributed by atoms with Crippen LogP contribution in [0.4, 0.5) is 0 Å². The molecule has 1 saturated heterocycles. The van der Waals surface area contributed by atoms with E-state index in [9.17, 15) is 4.79 Å². The molecule has 0 bridgehead atoms. The van der Waals surface area contributed by atoms with Gasteiger partial charge in [0.1, 0.15) is 0 Å². The number of hydrogen-bond acceptors (Lipinski definition) is 4. The largest absolute Gasteiger partial charge is 0.373 e. The Balaban J connectivity index is 1.59. The Morgan fingerprint density at radius 1 is 1.33 bits per heavy atom. The van der Waals surface area contributed by atoms with E-state index in [0.29, 0.717) is 6.54 Å². The lowest BCUT2D eigenvalue weighted by Crippen LogP contribution is -2.38. The number of thiazole rings is 1. The van der Waals surface area contributed by atoms with Crippen molar-refractivity contribution in [1.82, 2.24) is 10.3 Å². The lowest BCUT2D eigenvalue weighted by Gasteiger charge is -2.31. The minimum atomic E-state index is -0.138. The van der Waals surface area contributed by atoms with Crippen molar-refractivity contribution < 1.29 is 9.53 Å². The Kier molecular flexibility index (Phi) is 5.63. The average molecular weight is 344 g/mol. The summed E-state index contributed by atoms with van der Waals surface area (Å²) in [5.74, 6) is -0.0224. The van der Waals surface area contributed by atoms with Crippen LogP contribution in [0, 0.1) is 19.8 Å². The zero-order valence-corrected chi connectivity index (χ0v) is 15.1. The summed E-state index contributed by atoms with van der Waals surface area (Å²) in [5.41, 5.74) is 3.36. The van der Waals surface area contributed by atoms with E-state index in [1.54, 1.807) is 11.3 Å². The van der Waals surface area contributed by atoms with Crippen LogP contribution in [0.15, 0.2) is 29.6 Å². The van der Waals surface area contributed by atoms with Crippen molar-refractivity contribution >= 4 is 17.2 Å². The first-order valence-corrected chi connectivity index (χ1v) is 9.38. The van der Waals surface area contributed by atoms with E-state index in [-0.39, 0.29) is 17.9 Å². The summed E-state index contributed by atoms with van der Waals surface area (Å²) in [6, 6.07) is 8.30. The highest BCUT2D eigenvalue weighted by Gasteiger charge is 2.32. The first kappa shape index (κ1) is 17.1. The van der Waals surface area contributed by atoms with Crippen LogP contribution in [0.1, 0.15) is 40.8 Å². The molecule has 1 aliphatic heterocycles. The summed E-state index contributed by atoms with van der Waals surface area (Å²) in [4.78, 5) is 17.1. The smallest absolute Gasteiger partial charge is 0.226 e. The maximum atomic E-state index is 12.6. The lowest BCUT2D eigenvalue weighted by atomic mass is 9.88. The highest BCUT2D eigenvalue weighted by atomic mass is 32.1. The van der Waals surface area contributed by atoms with Gasteiger partial charge in [0, 0.05) is 25.0 Å². The monoisotopic (exact) mass is 344 g/mol. The number of nitrogens with zero attached hydrogens (tertiary/aromatic N) is 1. The SMILES string of the molecule is Cc1ccc([C@H]2OCCC[C@H]2C(=O)NCCc2csc(C)n2)cc1. The molecule has 1 fully saturated rings. The van der Waals surface area contributed by atoms with E-state index in [4.69, 9.17) is 4.74 Å². The predicted molar refractivity (Wildman–Crippen MR) is 96.2 cm³/mol. The molecule has 0 saturated carbocycles. The van der Waals surface area contributed by atoms with Gasteiger partial charge in [-0.1, -0.05) is 29.8 Å². The first-order chi connectivity index (χ1) is 11.6. The Bertz CT molecular complexity index is 681. The van der Waals surface area contributed by atoms with E-state index in [1.807, 2.05) is 6.92 Å². The van der Waals surface area contributed by atoms with Crippen LogP contribution in [0.3, 0.4) is 0 Å². The van der Waals surface area contributed by atoms with Crippen LogP contribution >= 0.6 is 11.3 Å². The van der Waals surface area contributed by atoms with Crippen LogP contribution in [0.5, 0.6) is 0 Å². The second kappa shape index (κ2) is 7.90. The van der Waals surface area contributed by atoms with Gasteiger partial charge < -0.3 is 10.1 Å². The van der Waals surface area contributed by atoms with Crippen molar-refractivity contribution in [3.8, 4) is 0 Å². The van der Waals surface area contributed by atoms with Crippen LogP contribution in [0.2, 0.25) is 0 Å². The molecule has 1 aliphatic rings. The van der Waals surface area contributed by atoms with Gasteiger partial charge in [0.05, 0.1) is 22.7 Å². The normalized spacial score (nSPS) is 20.8. The van der Waals surface area contributed by atoms with Crippen molar-refractivity contribution in [2.24, 2.45) is 5.92 Å². The molecular formula is C19H24N2O2S. The molecule has 128 valence electrons. The fraction of sp³-hybridized carbons (Fsp3) is 0.474. The molecule has 1 amide bonds. The minimum Gasteiger partial charge on any atom is -0.373 e. The van der Waals surface area contributed by atoms with E-state index >= 15 is 0 Å². The van der Waals surface area contributed by atoms with Gasteiger partial charge in [-0.3, -0.25) is 4.79 Å². The lowest BCUT2D eigenvalue weighted by molar-refractivity contribution is -0.134. The third-order valence-electron chi connectivity index (χ3n) is 4.41. The zero-order valence-electron chi connectivity index (χ0n) is 14.2. The summed E-state index contributed by atoms with van der Waals surface area (Å²) in [5, 5.41) is 6.19. The van der Waals surface area contributed by atoms with Gasteiger partial charge in [-0.2, -0.15) is 0 Å². The Labute approximate surface area is 147 Å². The molecule has 1 aromatic carbocycles. The molecule has 2 aromatic rings. The number of ether oxygens (including phenoxy) is 1. The van der Waals surface area contributed by atoms with Crippen LogP contribution in [-0.4, -0.2) is 24.0 Å². The molecule has 0 aliphatic carbocycles. The molecule has 2 atom stereocenters. The molecule has 5 heteroatoms. The van der Waals surface area contributed by atoms with E-state index < -0.39 is 0 Å². The van der Waals surface area contributed by atoms with Crippen molar-refractivity contribution in [2.45, 2.75) is 39.2 Å². The Hall–Kier alpha value is -1.72. The first-order valence-electron chi connectivity index (χ1n) is 8.50. The van der Waals surface area contributed by atoms with Gasteiger partial charge in [-0.05, 0) is 32.3 Å². The maximum Gasteiger partial charge on any atom is 0.226 e. The minimum absolute atomic E-state index is 0.0900. The number of hydrogen-bond donors (Lipinski definition) is 1. The highest BCUT2D eigenvalue weighted by molar-refractivity contribution is 7.09. The number of rotatable bonds is 5. The van der Waals surface area contributed by atoms with Gasteiger partial charge in [-0.25, -0.2) is 4.98 Å². The zero-order chi connectivity index (χ0) is 16.9. The number of carbonyl (C=O) groups excluding carboxylic acids is 1. The van der Waals surface area contributed by atoms with Crippen molar-refractivity contribution in [2.75, 3.05) is 13.2 Å². The van der Waals surface area contributed by atoms with Gasteiger partial charge in [0.15, 0.2) is 0 Å². The van der Waals surface area contributed by atoms with Gasteiger partial charge in [-0.15, -0.1) is 11.3 Å². The Morgan fingerprint density at radius 3 is 2.83 bits per heavy atom. The van der Waals surface area contributed by atoms with Crippen molar-refractivity contribution in [3.63, 3.8) is 0 Å².